The van der Waals surface area contributed by atoms with E-state index in [0.29, 0.717) is 9.50 Å². The van der Waals surface area contributed by atoms with E-state index in [-0.39, 0.29) is 15.9 Å². The van der Waals surface area contributed by atoms with Crippen LogP contribution in [0.5, 0.6) is 0 Å². The number of pyridine rings is 1. The minimum absolute atomic E-state index is 0.0746. The SMILES string of the molecule is O=S(=O)(Nc1cccc(Cl)n1)c1ccc(Cl)c(Br)c1. The maximum Gasteiger partial charge on any atom is 0.263 e. The zero-order valence-electron chi connectivity index (χ0n) is 9.27. The number of nitrogens with zero attached hydrogens (tertiary/aromatic N) is 1. The Morgan fingerprint density at radius 3 is 2.53 bits per heavy atom. The fourth-order valence-corrected chi connectivity index (χ4v) is 3.14. The molecule has 0 radical (unpaired) electrons. The zero-order chi connectivity index (χ0) is 14.0. The van der Waals surface area contributed by atoms with Gasteiger partial charge in [0.2, 0.25) is 0 Å². The van der Waals surface area contributed by atoms with Gasteiger partial charge in [-0.15, -0.1) is 0 Å². The Morgan fingerprint density at radius 2 is 1.89 bits per heavy atom. The van der Waals surface area contributed by atoms with Gasteiger partial charge in [0.25, 0.3) is 10.0 Å². The summed E-state index contributed by atoms with van der Waals surface area (Å²) < 4.78 is 27.1. The lowest BCUT2D eigenvalue weighted by Gasteiger charge is -2.08. The van der Waals surface area contributed by atoms with Crippen molar-refractivity contribution in [3.63, 3.8) is 0 Å². The highest BCUT2D eigenvalue weighted by atomic mass is 79.9. The molecule has 0 unspecified atom stereocenters. The molecule has 0 bridgehead atoms. The second-order valence-electron chi connectivity index (χ2n) is 3.53. The maximum atomic E-state index is 12.1. The minimum Gasteiger partial charge on any atom is -0.263 e. The normalized spacial score (nSPS) is 11.3. The lowest BCUT2D eigenvalue weighted by molar-refractivity contribution is 0.601. The Bertz CT molecular complexity index is 722. The number of hydrogen-bond acceptors (Lipinski definition) is 3. The Balaban J connectivity index is 2.35. The summed E-state index contributed by atoms with van der Waals surface area (Å²) >= 11 is 14.7. The summed E-state index contributed by atoms with van der Waals surface area (Å²) in [6, 6.07) is 8.97. The molecule has 0 spiro atoms. The van der Waals surface area contributed by atoms with E-state index < -0.39 is 10.0 Å². The Kier molecular flexibility index (Phi) is 4.35. The fourth-order valence-electron chi connectivity index (χ4n) is 1.31. The van der Waals surface area contributed by atoms with Crippen molar-refractivity contribution in [2.24, 2.45) is 0 Å². The molecule has 1 aromatic carbocycles. The van der Waals surface area contributed by atoms with Gasteiger partial charge < -0.3 is 0 Å². The van der Waals surface area contributed by atoms with E-state index in [0.717, 1.165) is 0 Å². The number of nitrogens with one attached hydrogen (secondary N) is 1. The van der Waals surface area contributed by atoms with Crippen molar-refractivity contribution in [2.45, 2.75) is 4.90 Å². The standard InChI is InChI=1S/C11H7BrCl2N2O2S/c12-8-6-7(4-5-9(8)13)19(17,18)16-11-3-1-2-10(14)15-11/h1-6H,(H,15,16). The van der Waals surface area contributed by atoms with Gasteiger partial charge in [0, 0.05) is 4.47 Å². The number of hydrogen-bond donors (Lipinski definition) is 1. The number of rotatable bonds is 3. The summed E-state index contributed by atoms with van der Waals surface area (Å²) in [5, 5.41) is 0.636. The highest BCUT2D eigenvalue weighted by Crippen LogP contribution is 2.26. The van der Waals surface area contributed by atoms with Crippen LogP contribution in [-0.4, -0.2) is 13.4 Å². The van der Waals surface area contributed by atoms with Crippen LogP contribution in [0.2, 0.25) is 10.2 Å². The smallest absolute Gasteiger partial charge is 0.263 e. The molecule has 0 aliphatic rings. The van der Waals surface area contributed by atoms with Crippen molar-refractivity contribution in [1.82, 2.24) is 4.98 Å². The third-order valence-corrected chi connectivity index (χ3v) is 4.93. The van der Waals surface area contributed by atoms with Gasteiger partial charge in [0.15, 0.2) is 0 Å². The van der Waals surface area contributed by atoms with E-state index in [2.05, 4.69) is 25.6 Å². The average molecular weight is 382 g/mol. The molecule has 0 aliphatic carbocycles. The monoisotopic (exact) mass is 380 g/mol. The summed E-state index contributed by atoms with van der Waals surface area (Å²) in [5.74, 6) is 0.151. The van der Waals surface area contributed by atoms with Crippen LogP contribution in [-0.2, 0) is 10.0 Å². The highest BCUT2D eigenvalue weighted by Gasteiger charge is 2.16. The zero-order valence-corrected chi connectivity index (χ0v) is 13.2. The molecule has 0 saturated heterocycles. The number of sulfonamides is 1. The van der Waals surface area contributed by atoms with Gasteiger partial charge >= 0.3 is 0 Å². The molecule has 0 atom stereocenters. The summed E-state index contributed by atoms with van der Waals surface area (Å²) in [4.78, 5) is 3.94. The Morgan fingerprint density at radius 1 is 1.16 bits per heavy atom. The molecule has 2 rings (SSSR count). The molecule has 0 saturated carbocycles. The van der Waals surface area contributed by atoms with Crippen LogP contribution in [0.25, 0.3) is 0 Å². The van der Waals surface area contributed by atoms with Gasteiger partial charge in [0.05, 0.1) is 9.92 Å². The molecule has 0 fully saturated rings. The van der Waals surface area contributed by atoms with Crippen LogP contribution in [0.4, 0.5) is 5.82 Å². The summed E-state index contributed by atoms with van der Waals surface area (Å²) in [6.07, 6.45) is 0. The predicted octanol–water partition coefficient (Wildman–Crippen LogP) is 3.95. The van der Waals surface area contributed by atoms with Gasteiger partial charge in [-0.2, -0.15) is 0 Å². The van der Waals surface area contributed by atoms with E-state index in [9.17, 15) is 8.42 Å². The minimum atomic E-state index is -3.73. The number of benzene rings is 1. The van der Waals surface area contributed by atoms with E-state index >= 15 is 0 Å². The van der Waals surface area contributed by atoms with Crippen LogP contribution in [0.1, 0.15) is 0 Å². The van der Waals surface area contributed by atoms with E-state index in [1.807, 2.05) is 0 Å². The molecule has 19 heavy (non-hydrogen) atoms. The fraction of sp³-hybridized carbons (Fsp3) is 0. The first kappa shape index (κ1) is 14.6. The van der Waals surface area contributed by atoms with Crippen molar-refractivity contribution < 1.29 is 8.42 Å². The lowest BCUT2D eigenvalue weighted by atomic mass is 10.4. The topological polar surface area (TPSA) is 59.1 Å². The van der Waals surface area contributed by atoms with Crippen LogP contribution in [0.3, 0.4) is 0 Å². The predicted molar refractivity (Wildman–Crippen MR) is 79.2 cm³/mol. The molecule has 2 aromatic rings. The van der Waals surface area contributed by atoms with Crippen molar-refractivity contribution in [3.05, 3.63) is 51.0 Å². The average Bonchev–Trinajstić information content (AvgIpc) is 2.32. The molecule has 0 amide bonds. The molecule has 8 heteroatoms. The summed E-state index contributed by atoms with van der Waals surface area (Å²) in [6.45, 7) is 0. The maximum absolute atomic E-state index is 12.1. The third kappa shape index (κ3) is 3.60. The molecule has 100 valence electrons. The second kappa shape index (κ2) is 5.66. The molecular weight excluding hydrogens is 375 g/mol. The first-order chi connectivity index (χ1) is 8.88. The van der Waals surface area contributed by atoms with E-state index in [1.165, 1.54) is 24.3 Å². The van der Waals surface area contributed by atoms with Crippen LogP contribution < -0.4 is 4.72 Å². The van der Waals surface area contributed by atoms with Crippen molar-refractivity contribution >= 4 is 55.0 Å². The van der Waals surface area contributed by atoms with E-state index in [4.69, 9.17) is 23.2 Å². The number of anilines is 1. The molecule has 4 nitrogen and oxygen atoms in total. The van der Waals surface area contributed by atoms with Crippen molar-refractivity contribution in [2.75, 3.05) is 4.72 Å². The van der Waals surface area contributed by atoms with Gasteiger partial charge in [-0.1, -0.05) is 29.3 Å². The van der Waals surface area contributed by atoms with Gasteiger partial charge in [-0.3, -0.25) is 4.72 Å². The summed E-state index contributed by atoms with van der Waals surface area (Å²) in [7, 11) is -3.73. The quantitative estimate of drug-likeness (QED) is 0.818. The Hall–Kier alpha value is -0.820. The summed E-state index contributed by atoms with van der Waals surface area (Å²) in [5.41, 5.74) is 0. The molecule has 1 aromatic heterocycles. The van der Waals surface area contributed by atoms with Crippen LogP contribution >= 0.6 is 39.1 Å². The highest BCUT2D eigenvalue weighted by molar-refractivity contribution is 9.10. The Labute approximate surface area is 128 Å². The van der Waals surface area contributed by atoms with Crippen LogP contribution in [0.15, 0.2) is 45.8 Å². The first-order valence-corrected chi connectivity index (χ1v) is 8.02. The van der Waals surface area contributed by atoms with Gasteiger partial charge in [-0.05, 0) is 46.3 Å². The molecular formula is C11H7BrCl2N2O2S. The molecule has 0 aliphatic heterocycles. The lowest BCUT2D eigenvalue weighted by Crippen LogP contribution is -2.13. The first-order valence-electron chi connectivity index (χ1n) is 4.99. The number of aromatic nitrogens is 1. The van der Waals surface area contributed by atoms with Crippen molar-refractivity contribution in [3.8, 4) is 0 Å². The molecule has 1 N–H and O–H groups in total. The molecule has 1 heterocycles. The van der Waals surface area contributed by atoms with Gasteiger partial charge in [-0.25, -0.2) is 13.4 Å². The van der Waals surface area contributed by atoms with Crippen molar-refractivity contribution in [1.29, 1.82) is 0 Å². The number of halogens is 3. The van der Waals surface area contributed by atoms with Gasteiger partial charge in [0.1, 0.15) is 11.0 Å². The largest absolute Gasteiger partial charge is 0.263 e. The van der Waals surface area contributed by atoms with E-state index in [1.54, 1.807) is 12.1 Å². The third-order valence-electron chi connectivity index (χ3n) is 2.16. The second-order valence-corrected chi connectivity index (χ2v) is 6.86. The van der Waals surface area contributed by atoms with Crippen LogP contribution in [0, 0.1) is 0 Å².